The van der Waals surface area contributed by atoms with E-state index in [-0.39, 0.29) is 5.56 Å². The van der Waals surface area contributed by atoms with Crippen molar-refractivity contribution in [3.05, 3.63) is 40.1 Å². The maximum Gasteiger partial charge on any atom is 0.341 e. The number of hydrogen-bond donors (Lipinski definition) is 1. The van der Waals surface area contributed by atoms with Gasteiger partial charge in [-0.05, 0) is 12.0 Å². The van der Waals surface area contributed by atoms with Crippen LogP contribution < -0.4 is 0 Å². The van der Waals surface area contributed by atoms with Gasteiger partial charge in [0.2, 0.25) is 0 Å². The van der Waals surface area contributed by atoms with E-state index in [0.717, 1.165) is 10.0 Å². The standard InChI is InChI=1S/C14H14BrNO3/c1-8(2)7-11-12(14(17)18)13(16-19-11)9-5-3-4-6-10(9)15/h3-6,8H,7H2,1-2H3,(H,17,18). The van der Waals surface area contributed by atoms with Crippen molar-refractivity contribution in [1.29, 1.82) is 0 Å². The number of hydrogen-bond acceptors (Lipinski definition) is 3. The first-order chi connectivity index (χ1) is 9.00. The summed E-state index contributed by atoms with van der Waals surface area (Å²) in [5, 5.41) is 13.3. The highest BCUT2D eigenvalue weighted by Gasteiger charge is 2.24. The number of halogens is 1. The number of carbonyl (C=O) groups is 1. The largest absolute Gasteiger partial charge is 0.477 e. The van der Waals surface area contributed by atoms with Crippen LogP contribution in [-0.4, -0.2) is 16.2 Å². The fourth-order valence-corrected chi connectivity index (χ4v) is 2.36. The molecule has 1 aromatic carbocycles. The molecule has 0 saturated carbocycles. The van der Waals surface area contributed by atoms with E-state index in [1.54, 1.807) is 0 Å². The molecular weight excluding hydrogens is 310 g/mol. The Morgan fingerprint density at radius 1 is 1.42 bits per heavy atom. The van der Waals surface area contributed by atoms with Crippen molar-refractivity contribution >= 4 is 21.9 Å². The predicted octanol–water partition coefficient (Wildman–Crippen LogP) is 4.00. The van der Waals surface area contributed by atoms with E-state index < -0.39 is 5.97 Å². The molecule has 0 spiro atoms. The highest BCUT2D eigenvalue weighted by Crippen LogP contribution is 2.32. The Hall–Kier alpha value is -1.62. The summed E-state index contributed by atoms with van der Waals surface area (Å²) in [7, 11) is 0. The molecular formula is C14H14BrNO3. The summed E-state index contributed by atoms with van der Waals surface area (Å²) in [4.78, 5) is 11.5. The molecule has 0 aliphatic rings. The lowest BCUT2D eigenvalue weighted by Crippen LogP contribution is -2.04. The average Bonchev–Trinajstić information content (AvgIpc) is 2.72. The molecule has 0 amide bonds. The van der Waals surface area contributed by atoms with E-state index in [9.17, 15) is 9.90 Å². The Morgan fingerprint density at radius 3 is 2.68 bits per heavy atom. The minimum Gasteiger partial charge on any atom is -0.477 e. The fraction of sp³-hybridized carbons (Fsp3) is 0.286. The minimum absolute atomic E-state index is 0.153. The second-order valence-electron chi connectivity index (χ2n) is 4.71. The summed E-state index contributed by atoms with van der Waals surface area (Å²) in [5.41, 5.74) is 1.25. The van der Waals surface area contributed by atoms with Gasteiger partial charge in [0.25, 0.3) is 0 Å². The van der Waals surface area contributed by atoms with E-state index >= 15 is 0 Å². The molecule has 4 nitrogen and oxygen atoms in total. The third-order valence-electron chi connectivity index (χ3n) is 2.70. The number of aromatic nitrogens is 1. The Balaban J connectivity index is 2.56. The third-order valence-corrected chi connectivity index (χ3v) is 3.39. The predicted molar refractivity (Wildman–Crippen MR) is 75.1 cm³/mol. The summed E-state index contributed by atoms with van der Waals surface area (Å²) < 4.78 is 6.02. The Morgan fingerprint density at radius 2 is 2.11 bits per heavy atom. The zero-order valence-electron chi connectivity index (χ0n) is 10.7. The monoisotopic (exact) mass is 323 g/mol. The molecule has 1 N–H and O–H groups in total. The molecule has 0 aliphatic heterocycles. The molecule has 0 radical (unpaired) electrons. The minimum atomic E-state index is -1.01. The Labute approximate surface area is 119 Å². The summed E-state index contributed by atoms with van der Waals surface area (Å²) >= 11 is 3.40. The molecule has 2 rings (SSSR count). The van der Waals surface area contributed by atoms with Gasteiger partial charge < -0.3 is 9.63 Å². The maximum atomic E-state index is 11.5. The molecule has 0 fully saturated rings. The molecule has 1 aromatic heterocycles. The Bertz CT molecular complexity index is 604. The average molecular weight is 324 g/mol. The quantitative estimate of drug-likeness (QED) is 0.923. The van der Waals surface area contributed by atoms with Crippen LogP contribution in [0.4, 0.5) is 0 Å². The number of aromatic carboxylic acids is 1. The first kappa shape index (κ1) is 13.8. The van der Waals surface area contributed by atoms with Crippen molar-refractivity contribution in [2.75, 3.05) is 0 Å². The van der Waals surface area contributed by atoms with E-state index in [1.165, 1.54) is 0 Å². The zero-order valence-corrected chi connectivity index (χ0v) is 12.3. The van der Waals surface area contributed by atoms with Crippen LogP contribution in [0.25, 0.3) is 11.3 Å². The van der Waals surface area contributed by atoms with Gasteiger partial charge in [-0.2, -0.15) is 0 Å². The van der Waals surface area contributed by atoms with E-state index in [4.69, 9.17) is 4.52 Å². The van der Waals surface area contributed by atoms with Gasteiger partial charge >= 0.3 is 5.97 Å². The Kier molecular flexibility index (Phi) is 4.04. The molecule has 0 unspecified atom stereocenters. The molecule has 100 valence electrons. The summed E-state index contributed by atoms with van der Waals surface area (Å²) in [6.07, 6.45) is 0.555. The van der Waals surface area contributed by atoms with Crippen molar-refractivity contribution in [2.24, 2.45) is 5.92 Å². The van der Waals surface area contributed by atoms with Crippen LogP contribution in [0.2, 0.25) is 0 Å². The smallest absolute Gasteiger partial charge is 0.341 e. The zero-order chi connectivity index (χ0) is 14.0. The van der Waals surface area contributed by atoms with Gasteiger partial charge in [-0.15, -0.1) is 0 Å². The summed E-state index contributed by atoms with van der Waals surface area (Å²) in [6.45, 7) is 4.01. The van der Waals surface area contributed by atoms with Crippen LogP contribution in [0.1, 0.15) is 30.0 Å². The summed E-state index contributed by atoms with van der Waals surface area (Å²) in [6, 6.07) is 7.36. The number of rotatable bonds is 4. The molecule has 1 heterocycles. The number of carboxylic acid groups (broad SMARTS) is 1. The van der Waals surface area contributed by atoms with Crippen LogP contribution in [0, 0.1) is 5.92 Å². The van der Waals surface area contributed by atoms with E-state index in [2.05, 4.69) is 21.1 Å². The number of nitrogens with zero attached hydrogens (tertiary/aromatic N) is 1. The summed E-state index contributed by atoms with van der Waals surface area (Å²) in [5.74, 6) is -0.283. The van der Waals surface area contributed by atoms with Gasteiger partial charge in [-0.25, -0.2) is 4.79 Å². The van der Waals surface area contributed by atoms with Crippen molar-refractivity contribution in [2.45, 2.75) is 20.3 Å². The molecule has 0 atom stereocenters. The molecule has 19 heavy (non-hydrogen) atoms. The highest BCUT2D eigenvalue weighted by atomic mass is 79.9. The first-order valence-electron chi connectivity index (χ1n) is 5.97. The lowest BCUT2D eigenvalue weighted by atomic mass is 10.0. The van der Waals surface area contributed by atoms with Crippen LogP contribution in [0.3, 0.4) is 0 Å². The van der Waals surface area contributed by atoms with Gasteiger partial charge in [-0.1, -0.05) is 53.1 Å². The highest BCUT2D eigenvalue weighted by molar-refractivity contribution is 9.10. The number of carboxylic acids is 1. The fourth-order valence-electron chi connectivity index (χ4n) is 1.89. The molecule has 5 heteroatoms. The van der Waals surface area contributed by atoms with Crippen LogP contribution in [0.5, 0.6) is 0 Å². The van der Waals surface area contributed by atoms with Gasteiger partial charge in [0.15, 0.2) is 5.76 Å². The SMILES string of the molecule is CC(C)Cc1onc(-c2ccccc2Br)c1C(=O)O. The van der Waals surface area contributed by atoms with Crippen molar-refractivity contribution in [3.8, 4) is 11.3 Å². The molecule has 0 bridgehead atoms. The molecule has 2 aromatic rings. The van der Waals surface area contributed by atoms with Crippen molar-refractivity contribution in [3.63, 3.8) is 0 Å². The van der Waals surface area contributed by atoms with Gasteiger partial charge in [-0.3, -0.25) is 0 Å². The lowest BCUT2D eigenvalue weighted by Gasteiger charge is -2.03. The normalized spacial score (nSPS) is 10.9. The van der Waals surface area contributed by atoms with Crippen molar-refractivity contribution in [1.82, 2.24) is 5.16 Å². The second-order valence-corrected chi connectivity index (χ2v) is 5.57. The first-order valence-corrected chi connectivity index (χ1v) is 6.76. The molecule has 0 saturated heterocycles. The van der Waals surface area contributed by atoms with E-state index in [1.807, 2.05) is 38.1 Å². The van der Waals surface area contributed by atoms with Crippen LogP contribution in [0.15, 0.2) is 33.3 Å². The maximum absolute atomic E-state index is 11.5. The van der Waals surface area contributed by atoms with Crippen LogP contribution >= 0.6 is 15.9 Å². The number of benzene rings is 1. The van der Waals surface area contributed by atoms with Crippen molar-refractivity contribution < 1.29 is 14.4 Å². The van der Waals surface area contributed by atoms with Gasteiger partial charge in [0.1, 0.15) is 11.3 Å². The second kappa shape index (κ2) is 5.57. The third kappa shape index (κ3) is 2.87. The van der Waals surface area contributed by atoms with Crippen LogP contribution in [-0.2, 0) is 6.42 Å². The van der Waals surface area contributed by atoms with E-state index in [0.29, 0.717) is 23.8 Å². The van der Waals surface area contributed by atoms with Gasteiger partial charge in [0.05, 0.1) is 0 Å². The topological polar surface area (TPSA) is 63.3 Å². The van der Waals surface area contributed by atoms with Gasteiger partial charge in [0, 0.05) is 16.5 Å². The molecule has 0 aliphatic carbocycles. The lowest BCUT2D eigenvalue weighted by molar-refractivity contribution is 0.0695.